The molecule has 0 aromatic heterocycles. The Balaban J connectivity index is 1.62. The molecule has 0 bridgehead atoms. The average Bonchev–Trinajstić information content (AvgIpc) is 3.51. The van der Waals surface area contributed by atoms with E-state index in [0.717, 1.165) is 18.4 Å². The maximum absolute atomic E-state index is 12.7. The fraction of sp³-hybridized carbons (Fsp3) is 0.522. The van der Waals surface area contributed by atoms with Gasteiger partial charge in [0.2, 0.25) is 6.29 Å². The Bertz CT molecular complexity index is 919. The number of halogens is 1. The van der Waals surface area contributed by atoms with Crippen LogP contribution in [0.3, 0.4) is 0 Å². The number of carbonyl (C=O) groups excluding carboxylic acids is 3. The lowest BCUT2D eigenvalue weighted by Crippen LogP contribution is -2.42. The first-order chi connectivity index (χ1) is 15.6. The topological polar surface area (TPSA) is 140 Å². The molecule has 1 aliphatic carbocycles. The van der Waals surface area contributed by atoms with Crippen LogP contribution in [0.4, 0.5) is 5.69 Å². The highest BCUT2D eigenvalue weighted by Gasteiger charge is 2.35. The fourth-order valence-electron chi connectivity index (χ4n) is 3.78. The van der Waals surface area contributed by atoms with Crippen LogP contribution in [0.1, 0.15) is 56.3 Å². The first kappa shape index (κ1) is 25.0. The van der Waals surface area contributed by atoms with E-state index in [2.05, 4.69) is 0 Å². The highest BCUT2D eigenvalue weighted by molar-refractivity contribution is 6.31. The third-order valence-electron chi connectivity index (χ3n) is 5.28. The van der Waals surface area contributed by atoms with Crippen LogP contribution >= 0.6 is 11.6 Å². The lowest BCUT2D eigenvalue weighted by Gasteiger charge is -2.34. The largest absolute Gasteiger partial charge is 0.494 e. The highest BCUT2D eigenvalue weighted by Crippen LogP contribution is 2.35. The van der Waals surface area contributed by atoms with Crippen molar-refractivity contribution < 1.29 is 33.3 Å². The zero-order valence-electron chi connectivity index (χ0n) is 18.7. The fourth-order valence-corrected chi connectivity index (χ4v) is 3.96. The number of benzene rings is 1. The minimum absolute atomic E-state index is 0.0162. The van der Waals surface area contributed by atoms with Gasteiger partial charge < -0.3 is 30.4 Å². The summed E-state index contributed by atoms with van der Waals surface area (Å²) >= 11 is 5.91. The lowest BCUT2D eigenvalue weighted by atomic mass is 10.0. The van der Waals surface area contributed by atoms with Crippen LogP contribution in [0.5, 0.6) is 0 Å². The summed E-state index contributed by atoms with van der Waals surface area (Å²) in [7, 11) is 0. The molecule has 4 atom stereocenters. The van der Waals surface area contributed by atoms with Crippen molar-refractivity contribution in [2.24, 2.45) is 5.73 Å². The maximum Gasteiger partial charge on any atom is 0.304 e. The molecule has 1 heterocycles. The summed E-state index contributed by atoms with van der Waals surface area (Å²) in [6.07, 6.45) is 0.550. The molecular weight excluding hydrogens is 452 g/mol. The van der Waals surface area contributed by atoms with Gasteiger partial charge in [0.1, 0.15) is 18.5 Å². The molecule has 1 aliphatic heterocycles. The van der Waals surface area contributed by atoms with E-state index in [-0.39, 0.29) is 25.2 Å². The number of ketones is 1. The van der Waals surface area contributed by atoms with Gasteiger partial charge in [-0.2, -0.15) is 0 Å². The number of Topliss-reactive ketones (excluding diaryl/α,β-unsaturated/α-hetero) is 1. The van der Waals surface area contributed by atoms with Crippen LogP contribution in [0.15, 0.2) is 29.5 Å². The Hall–Kier alpha value is -2.62. The Morgan fingerprint density at radius 2 is 1.85 bits per heavy atom. The molecule has 9 nitrogen and oxygen atoms in total. The summed E-state index contributed by atoms with van der Waals surface area (Å²) in [5.41, 5.74) is 13.9. The summed E-state index contributed by atoms with van der Waals surface area (Å²) in [6.45, 7) is 2.71. The van der Waals surface area contributed by atoms with Gasteiger partial charge in [-0.25, -0.2) is 0 Å². The second kappa shape index (κ2) is 11.0. The second-order valence-corrected chi connectivity index (χ2v) is 8.68. The number of carbonyl (C=O) groups is 3. The van der Waals surface area contributed by atoms with Crippen LogP contribution in [-0.2, 0) is 28.5 Å². The number of anilines is 1. The highest BCUT2D eigenvalue weighted by atomic mass is 35.5. The van der Waals surface area contributed by atoms with Crippen molar-refractivity contribution in [3.63, 3.8) is 0 Å². The molecule has 0 radical (unpaired) electrons. The molecule has 0 spiro atoms. The lowest BCUT2D eigenvalue weighted by molar-refractivity contribution is -0.224. The first-order valence-electron chi connectivity index (χ1n) is 10.8. The number of ether oxygens (including phenoxy) is 4. The van der Waals surface area contributed by atoms with Crippen molar-refractivity contribution in [2.45, 2.75) is 70.5 Å². The molecule has 10 heteroatoms. The molecule has 2 aliphatic rings. The van der Waals surface area contributed by atoms with Crippen LogP contribution in [-0.4, -0.2) is 48.9 Å². The summed E-state index contributed by atoms with van der Waals surface area (Å²) in [5, 5.41) is 0.448. The third-order valence-corrected chi connectivity index (χ3v) is 5.52. The SMILES string of the molecule is CC(=O)OC1CC(COC(=C2CC2)C(N)CC(=O)c2ccc(Cl)cc2N)OC(OC(C)=O)C1. The molecular formula is C23H29ClN2O7. The van der Waals surface area contributed by atoms with E-state index in [1.807, 2.05) is 0 Å². The number of allylic oxidation sites excluding steroid dienone is 1. The van der Waals surface area contributed by atoms with E-state index >= 15 is 0 Å². The molecule has 1 aromatic carbocycles. The van der Waals surface area contributed by atoms with Gasteiger partial charge in [0.05, 0.1) is 12.1 Å². The average molecular weight is 481 g/mol. The van der Waals surface area contributed by atoms with Crippen LogP contribution < -0.4 is 11.5 Å². The third kappa shape index (κ3) is 7.45. The Morgan fingerprint density at radius 3 is 2.45 bits per heavy atom. The molecule has 3 rings (SSSR count). The predicted octanol–water partition coefficient (Wildman–Crippen LogP) is 2.89. The number of hydrogen-bond donors (Lipinski definition) is 2. The summed E-state index contributed by atoms with van der Waals surface area (Å²) in [5.74, 6) is -0.576. The molecule has 1 saturated heterocycles. The molecule has 33 heavy (non-hydrogen) atoms. The van der Waals surface area contributed by atoms with Crippen molar-refractivity contribution in [3.8, 4) is 0 Å². The smallest absolute Gasteiger partial charge is 0.304 e. The van der Waals surface area contributed by atoms with Crippen LogP contribution in [0.25, 0.3) is 0 Å². The van der Waals surface area contributed by atoms with E-state index in [1.165, 1.54) is 19.9 Å². The first-order valence-corrected chi connectivity index (χ1v) is 11.2. The van der Waals surface area contributed by atoms with Gasteiger partial charge in [0, 0.05) is 49.4 Å². The molecule has 180 valence electrons. The standard InChI is InChI=1S/C23H29ClN2O7/c1-12(27)31-16-8-17(33-22(9-16)32-13(2)28)11-30-23(14-3-4-14)20(26)10-21(29)18-6-5-15(24)7-19(18)25/h5-7,16-17,20,22H,3-4,8-11,25-26H2,1-2H3. The molecule has 1 saturated carbocycles. The van der Waals surface area contributed by atoms with E-state index in [1.54, 1.807) is 12.1 Å². The number of esters is 2. The predicted molar refractivity (Wildman–Crippen MR) is 120 cm³/mol. The summed E-state index contributed by atoms with van der Waals surface area (Å²) < 4.78 is 22.3. The van der Waals surface area contributed by atoms with E-state index in [9.17, 15) is 14.4 Å². The van der Waals surface area contributed by atoms with Crippen LogP contribution in [0.2, 0.25) is 5.02 Å². The second-order valence-electron chi connectivity index (χ2n) is 8.24. The van der Waals surface area contributed by atoms with Crippen molar-refractivity contribution in [2.75, 3.05) is 12.3 Å². The van der Waals surface area contributed by atoms with Gasteiger partial charge in [-0.1, -0.05) is 11.6 Å². The van der Waals surface area contributed by atoms with Crippen molar-refractivity contribution in [3.05, 3.63) is 40.1 Å². The summed E-state index contributed by atoms with van der Waals surface area (Å²) in [4.78, 5) is 35.5. The van der Waals surface area contributed by atoms with Gasteiger partial charge >= 0.3 is 11.9 Å². The minimum atomic E-state index is -0.839. The van der Waals surface area contributed by atoms with Gasteiger partial charge in [-0.3, -0.25) is 14.4 Å². The van der Waals surface area contributed by atoms with Gasteiger partial charge in [0.15, 0.2) is 5.78 Å². The van der Waals surface area contributed by atoms with Gasteiger partial charge in [0.25, 0.3) is 0 Å². The van der Waals surface area contributed by atoms with Gasteiger partial charge in [-0.15, -0.1) is 0 Å². The van der Waals surface area contributed by atoms with E-state index < -0.39 is 36.5 Å². The number of nitrogen functional groups attached to an aromatic ring is 1. The Morgan fingerprint density at radius 1 is 1.15 bits per heavy atom. The van der Waals surface area contributed by atoms with Crippen molar-refractivity contribution >= 4 is 35.0 Å². The summed E-state index contributed by atoms with van der Waals surface area (Å²) in [6, 6.07) is 4.06. The zero-order valence-corrected chi connectivity index (χ0v) is 19.4. The Kier molecular flexibility index (Phi) is 8.34. The number of hydrogen-bond acceptors (Lipinski definition) is 9. The molecule has 4 N–H and O–H groups in total. The molecule has 2 fully saturated rings. The molecule has 1 aromatic rings. The zero-order chi connectivity index (χ0) is 24.1. The monoisotopic (exact) mass is 480 g/mol. The molecule has 4 unspecified atom stereocenters. The van der Waals surface area contributed by atoms with E-state index in [0.29, 0.717) is 28.5 Å². The van der Waals surface area contributed by atoms with Crippen LogP contribution in [0, 0.1) is 0 Å². The molecule has 0 amide bonds. The van der Waals surface area contributed by atoms with Gasteiger partial charge in [-0.05, 0) is 36.6 Å². The van der Waals surface area contributed by atoms with Crippen molar-refractivity contribution in [1.29, 1.82) is 0 Å². The van der Waals surface area contributed by atoms with Crippen molar-refractivity contribution in [1.82, 2.24) is 0 Å². The number of rotatable bonds is 9. The normalized spacial score (nSPS) is 22.8. The maximum atomic E-state index is 12.7. The quantitative estimate of drug-likeness (QED) is 0.236. The minimum Gasteiger partial charge on any atom is -0.494 e. The Labute approximate surface area is 197 Å². The van der Waals surface area contributed by atoms with E-state index in [4.69, 9.17) is 42.0 Å². The number of nitrogens with two attached hydrogens (primary N) is 2.